The first-order chi connectivity index (χ1) is 11.2. The second kappa shape index (κ2) is 6.60. The Labute approximate surface area is 143 Å². The molecule has 0 amide bonds. The molecule has 0 atom stereocenters. The van der Waals surface area contributed by atoms with Crippen LogP contribution in [-0.2, 0) is 6.42 Å². The summed E-state index contributed by atoms with van der Waals surface area (Å²) in [6, 6.07) is 12.0. The lowest BCUT2D eigenvalue weighted by molar-refractivity contribution is 0.111. The lowest BCUT2D eigenvalue weighted by atomic mass is 9.95. The smallest absolute Gasteiger partial charge is 0.160 e. The minimum atomic E-state index is 0.745. The molecule has 23 heavy (non-hydrogen) atoms. The average Bonchev–Trinajstić information content (AvgIpc) is 3.23. The zero-order valence-electron chi connectivity index (χ0n) is 13.0. The number of hydrogen-bond donors (Lipinski definition) is 0. The van der Waals surface area contributed by atoms with Gasteiger partial charge in [-0.05, 0) is 54.3 Å². The van der Waals surface area contributed by atoms with Crippen molar-refractivity contribution in [2.45, 2.75) is 20.3 Å². The third-order valence-corrected chi connectivity index (χ3v) is 6.30. The standard InChI is InChI=1S/C19H16O2S2/c1-3-15-12(2)16(6-4-13(15)10-20)17-8-9-19(23-17)18-7-5-14(11-21)22-18/h4-11H,3H2,1-2H3. The van der Waals surface area contributed by atoms with Gasteiger partial charge in [-0.15, -0.1) is 22.7 Å². The van der Waals surface area contributed by atoms with Crippen molar-refractivity contribution in [1.29, 1.82) is 0 Å². The number of hydrogen-bond acceptors (Lipinski definition) is 4. The lowest BCUT2D eigenvalue weighted by Gasteiger charge is -2.11. The van der Waals surface area contributed by atoms with Crippen LogP contribution in [0.1, 0.15) is 38.1 Å². The van der Waals surface area contributed by atoms with E-state index in [9.17, 15) is 9.59 Å². The molecule has 3 rings (SSSR count). The van der Waals surface area contributed by atoms with E-state index in [-0.39, 0.29) is 0 Å². The highest BCUT2D eigenvalue weighted by molar-refractivity contribution is 7.24. The molecular formula is C19H16O2S2. The van der Waals surface area contributed by atoms with E-state index < -0.39 is 0 Å². The molecule has 4 heteroatoms. The lowest BCUT2D eigenvalue weighted by Crippen LogP contribution is -1.96. The number of aldehydes is 2. The van der Waals surface area contributed by atoms with Crippen LogP contribution in [0.15, 0.2) is 36.4 Å². The summed E-state index contributed by atoms with van der Waals surface area (Å²) in [5.74, 6) is 0. The van der Waals surface area contributed by atoms with Gasteiger partial charge in [0.2, 0.25) is 0 Å². The Morgan fingerprint density at radius 3 is 2.22 bits per heavy atom. The van der Waals surface area contributed by atoms with Gasteiger partial charge in [0.15, 0.2) is 6.29 Å². The van der Waals surface area contributed by atoms with Crippen LogP contribution in [0.3, 0.4) is 0 Å². The predicted octanol–water partition coefficient (Wildman–Crippen LogP) is 5.64. The Balaban J connectivity index is 2.03. The van der Waals surface area contributed by atoms with Crippen LogP contribution < -0.4 is 0 Å². The maximum Gasteiger partial charge on any atom is 0.160 e. The Morgan fingerprint density at radius 1 is 0.870 bits per heavy atom. The van der Waals surface area contributed by atoms with Gasteiger partial charge in [0.05, 0.1) is 4.88 Å². The summed E-state index contributed by atoms with van der Waals surface area (Å²) in [5.41, 5.74) is 4.24. The summed E-state index contributed by atoms with van der Waals surface area (Å²) in [6.07, 6.45) is 2.67. The van der Waals surface area contributed by atoms with Crippen molar-refractivity contribution < 1.29 is 9.59 Å². The Kier molecular flexibility index (Phi) is 4.55. The van der Waals surface area contributed by atoms with E-state index >= 15 is 0 Å². The number of thiophene rings is 2. The molecule has 0 aliphatic rings. The molecule has 0 aliphatic heterocycles. The third-order valence-electron chi connectivity index (χ3n) is 3.97. The molecule has 0 saturated carbocycles. The van der Waals surface area contributed by atoms with Crippen molar-refractivity contribution in [3.05, 3.63) is 58.0 Å². The highest BCUT2D eigenvalue weighted by Crippen LogP contribution is 2.39. The van der Waals surface area contributed by atoms with Crippen molar-refractivity contribution in [3.63, 3.8) is 0 Å². The largest absolute Gasteiger partial charge is 0.298 e. The molecule has 0 fully saturated rings. The first-order valence-corrected chi connectivity index (χ1v) is 9.04. The quantitative estimate of drug-likeness (QED) is 0.563. The van der Waals surface area contributed by atoms with Gasteiger partial charge in [-0.3, -0.25) is 9.59 Å². The van der Waals surface area contributed by atoms with Crippen LogP contribution in [0.4, 0.5) is 0 Å². The van der Waals surface area contributed by atoms with E-state index in [1.54, 1.807) is 11.3 Å². The average molecular weight is 340 g/mol. The van der Waals surface area contributed by atoms with Crippen molar-refractivity contribution in [1.82, 2.24) is 0 Å². The van der Waals surface area contributed by atoms with Crippen LogP contribution in [0.5, 0.6) is 0 Å². The highest BCUT2D eigenvalue weighted by atomic mass is 32.1. The van der Waals surface area contributed by atoms with E-state index in [1.165, 1.54) is 27.3 Å². The fraction of sp³-hybridized carbons (Fsp3) is 0.158. The second-order valence-electron chi connectivity index (χ2n) is 5.26. The molecule has 2 aromatic heterocycles. The Bertz CT molecular complexity index is 871. The zero-order valence-corrected chi connectivity index (χ0v) is 14.6. The number of benzene rings is 1. The van der Waals surface area contributed by atoms with E-state index in [2.05, 4.69) is 26.0 Å². The Morgan fingerprint density at radius 2 is 1.57 bits per heavy atom. The van der Waals surface area contributed by atoms with Crippen LogP contribution >= 0.6 is 22.7 Å². The van der Waals surface area contributed by atoms with Crippen LogP contribution in [0.25, 0.3) is 20.2 Å². The zero-order chi connectivity index (χ0) is 16.4. The summed E-state index contributed by atoms with van der Waals surface area (Å²) in [7, 11) is 0. The van der Waals surface area contributed by atoms with Crippen molar-refractivity contribution in [3.8, 4) is 20.2 Å². The summed E-state index contributed by atoms with van der Waals surface area (Å²) in [4.78, 5) is 26.2. The number of carbonyl (C=O) groups excluding carboxylic acids is 2. The van der Waals surface area contributed by atoms with E-state index in [1.807, 2.05) is 24.3 Å². The van der Waals surface area contributed by atoms with Gasteiger partial charge in [0.1, 0.15) is 6.29 Å². The summed E-state index contributed by atoms with van der Waals surface area (Å²) < 4.78 is 0. The molecule has 2 nitrogen and oxygen atoms in total. The minimum Gasteiger partial charge on any atom is -0.298 e. The molecule has 3 aromatic rings. The SMILES string of the molecule is CCc1c(C=O)ccc(-c2ccc(-c3ccc(C=O)s3)s2)c1C. The molecule has 0 saturated heterocycles. The molecular weight excluding hydrogens is 324 g/mol. The second-order valence-corrected chi connectivity index (χ2v) is 7.46. The molecule has 2 heterocycles. The van der Waals surface area contributed by atoms with Gasteiger partial charge in [0, 0.05) is 20.2 Å². The summed E-state index contributed by atoms with van der Waals surface area (Å²) in [6.45, 7) is 4.15. The first kappa shape index (κ1) is 15.8. The molecule has 0 radical (unpaired) electrons. The predicted molar refractivity (Wildman–Crippen MR) is 98.0 cm³/mol. The van der Waals surface area contributed by atoms with Crippen LogP contribution in [0, 0.1) is 6.92 Å². The number of carbonyl (C=O) groups is 2. The fourth-order valence-electron chi connectivity index (χ4n) is 2.79. The molecule has 116 valence electrons. The van der Waals surface area contributed by atoms with Crippen LogP contribution in [-0.4, -0.2) is 12.6 Å². The van der Waals surface area contributed by atoms with E-state index in [0.717, 1.165) is 44.8 Å². The fourth-order valence-corrected chi connectivity index (χ4v) is 4.79. The van der Waals surface area contributed by atoms with Crippen molar-refractivity contribution in [2.75, 3.05) is 0 Å². The van der Waals surface area contributed by atoms with Gasteiger partial charge < -0.3 is 0 Å². The summed E-state index contributed by atoms with van der Waals surface area (Å²) >= 11 is 3.22. The first-order valence-electron chi connectivity index (χ1n) is 7.41. The molecule has 0 bridgehead atoms. The molecule has 1 aromatic carbocycles. The minimum absolute atomic E-state index is 0.745. The molecule has 0 aliphatic carbocycles. The maximum absolute atomic E-state index is 11.2. The molecule has 0 spiro atoms. The topological polar surface area (TPSA) is 34.1 Å². The monoisotopic (exact) mass is 340 g/mol. The third kappa shape index (κ3) is 2.92. The van der Waals surface area contributed by atoms with Gasteiger partial charge in [-0.2, -0.15) is 0 Å². The van der Waals surface area contributed by atoms with E-state index in [4.69, 9.17) is 0 Å². The number of rotatable bonds is 5. The van der Waals surface area contributed by atoms with Crippen molar-refractivity contribution in [2.24, 2.45) is 0 Å². The van der Waals surface area contributed by atoms with Crippen LogP contribution in [0.2, 0.25) is 0 Å². The highest BCUT2D eigenvalue weighted by Gasteiger charge is 2.13. The molecule has 0 N–H and O–H groups in total. The van der Waals surface area contributed by atoms with Gasteiger partial charge in [-0.25, -0.2) is 0 Å². The van der Waals surface area contributed by atoms with Gasteiger partial charge in [0.25, 0.3) is 0 Å². The van der Waals surface area contributed by atoms with Gasteiger partial charge >= 0.3 is 0 Å². The normalized spacial score (nSPS) is 10.7. The van der Waals surface area contributed by atoms with Gasteiger partial charge in [-0.1, -0.05) is 19.1 Å². The summed E-state index contributed by atoms with van der Waals surface area (Å²) in [5, 5.41) is 0. The van der Waals surface area contributed by atoms with E-state index in [0.29, 0.717) is 0 Å². The Hall–Kier alpha value is -2.04. The maximum atomic E-state index is 11.2. The molecule has 0 unspecified atom stereocenters. The van der Waals surface area contributed by atoms with Crippen molar-refractivity contribution >= 4 is 35.2 Å².